The summed E-state index contributed by atoms with van der Waals surface area (Å²) >= 11 is 4.88. The van der Waals surface area contributed by atoms with E-state index in [2.05, 4.69) is 4.98 Å². The fraction of sp³-hybridized carbons (Fsp3) is 0.500. The maximum Gasteiger partial charge on any atom is 0.254 e. The van der Waals surface area contributed by atoms with Crippen LogP contribution in [0.2, 0.25) is 0 Å². The molecule has 0 saturated heterocycles. The zero-order chi connectivity index (χ0) is 15.2. The van der Waals surface area contributed by atoms with Gasteiger partial charge in [0.15, 0.2) is 0 Å². The van der Waals surface area contributed by atoms with Gasteiger partial charge in [-0.25, -0.2) is 0 Å². The molecule has 0 fully saturated rings. The van der Waals surface area contributed by atoms with Gasteiger partial charge in [-0.15, -0.1) is 0 Å². The summed E-state index contributed by atoms with van der Waals surface area (Å²) in [5.74, 6) is -0.0971. The van der Waals surface area contributed by atoms with Crippen molar-refractivity contribution in [3.8, 4) is 0 Å². The standard InChI is InChI=1S/C14H21N3O2S/c1-14(2,19-3)13(18)17(8-6-12(15)20)10-11-5-4-7-16-9-11/h4-5,7,9H,6,8,10H2,1-3H3,(H2,15,20). The first kappa shape index (κ1) is 16.5. The topological polar surface area (TPSA) is 68.5 Å². The molecule has 2 N–H and O–H groups in total. The van der Waals surface area contributed by atoms with Crippen molar-refractivity contribution in [1.29, 1.82) is 0 Å². The molecule has 0 spiro atoms. The summed E-state index contributed by atoms with van der Waals surface area (Å²) in [5, 5.41) is 0. The lowest BCUT2D eigenvalue weighted by Gasteiger charge is -2.31. The minimum Gasteiger partial charge on any atom is -0.393 e. The van der Waals surface area contributed by atoms with Gasteiger partial charge < -0.3 is 15.4 Å². The summed E-state index contributed by atoms with van der Waals surface area (Å²) in [6, 6.07) is 3.76. The smallest absolute Gasteiger partial charge is 0.254 e. The van der Waals surface area contributed by atoms with Crippen LogP contribution in [0.5, 0.6) is 0 Å². The van der Waals surface area contributed by atoms with Gasteiger partial charge in [0, 0.05) is 39.0 Å². The average molecular weight is 295 g/mol. The van der Waals surface area contributed by atoms with Crippen LogP contribution < -0.4 is 5.73 Å². The van der Waals surface area contributed by atoms with Crippen LogP contribution in [-0.4, -0.2) is 40.0 Å². The Balaban J connectivity index is 2.85. The number of hydrogen-bond acceptors (Lipinski definition) is 4. The largest absolute Gasteiger partial charge is 0.393 e. The van der Waals surface area contributed by atoms with Crippen molar-refractivity contribution in [3.63, 3.8) is 0 Å². The van der Waals surface area contributed by atoms with E-state index in [0.29, 0.717) is 24.5 Å². The quantitative estimate of drug-likeness (QED) is 0.772. The van der Waals surface area contributed by atoms with E-state index in [1.165, 1.54) is 7.11 Å². The third-order valence-electron chi connectivity index (χ3n) is 3.04. The molecule has 110 valence electrons. The van der Waals surface area contributed by atoms with Crippen molar-refractivity contribution in [1.82, 2.24) is 9.88 Å². The van der Waals surface area contributed by atoms with Gasteiger partial charge >= 0.3 is 0 Å². The van der Waals surface area contributed by atoms with Crippen molar-refractivity contribution in [3.05, 3.63) is 30.1 Å². The second-order valence-electron chi connectivity index (χ2n) is 5.02. The highest BCUT2D eigenvalue weighted by atomic mass is 32.1. The highest BCUT2D eigenvalue weighted by Crippen LogP contribution is 2.15. The van der Waals surface area contributed by atoms with Crippen LogP contribution in [-0.2, 0) is 16.1 Å². The Morgan fingerprint density at radius 2 is 2.25 bits per heavy atom. The second kappa shape index (κ2) is 7.31. The van der Waals surface area contributed by atoms with E-state index in [1.54, 1.807) is 31.1 Å². The molecule has 1 rings (SSSR count). The molecule has 5 nitrogen and oxygen atoms in total. The van der Waals surface area contributed by atoms with Crippen LogP contribution in [0.4, 0.5) is 0 Å². The number of hydrogen-bond donors (Lipinski definition) is 1. The predicted octanol–water partition coefficient (Wildman–Crippen LogP) is 1.51. The highest BCUT2D eigenvalue weighted by molar-refractivity contribution is 7.80. The van der Waals surface area contributed by atoms with Gasteiger partial charge in [0.1, 0.15) is 5.60 Å². The zero-order valence-corrected chi connectivity index (χ0v) is 12.9. The van der Waals surface area contributed by atoms with Crippen molar-refractivity contribution in [2.24, 2.45) is 5.73 Å². The molecular weight excluding hydrogens is 274 g/mol. The fourth-order valence-corrected chi connectivity index (χ4v) is 1.77. The third-order valence-corrected chi connectivity index (χ3v) is 3.24. The zero-order valence-electron chi connectivity index (χ0n) is 12.1. The molecule has 1 aromatic rings. The number of methoxy groups -OCH3 is 1. The Morgan fingerprint density at radius 3 is 2.75 bits per heavy atom. The molecule has 0 aliphatic heterocycles. The molecule has 1 aromatic heterocycles. The van der Waals surface area contributed by atoms with Crippen molar-refractivity contribution in [2.75, 3.05) is 13.7 Å². The molecule has 1 heterocycles. The monoisotopic (exact) mass is 295 g/mol. The molecule has 0 aliphatic carbocycles. The van der Waals surface area contributed by atoms with E-state index < -0.39 is 5.60 Å². The number of thiocarbonyl (C=S) groups is 1. The summed E-state index contributed by atoms with van der Waals surface area (Å²) in [5.41, 5.74) is 5.60. The SMILES string of the molecule is COC(C)(C)C(=O)N(CCC(N)=S)Cc1cccnc1. The highest BCUT2D eigenvalue weighted by Gasteiger charge is 2.31. The Morgan fingerprint density at radius 1 is 1.55 bits per heavy atom. The molecule has 0 bridgehead atoms. The van der Waals surface area contributed by atoms with E-state index in [0.717, 1.165) is 5.56 Å². The van der Waals surface area contributed by atoms with E-state index in [-0.39, 0.29) is 5.91 Å². The number of pyridine rings is 1. The van der Waals surface area contributed by atoms with E-state index in [1.807, 2.05) is 12.1 Å². The van der Waals surface area contributed by atoms with Crippen LogP contribution in [0.15, 0.2) is 24.5 Å². The van der Waals surface area contributed by atoms with Crippen molar-refractivity contribution in [2.45, 2.75) is 32.4 Å². The number of nitrogens with two attached hydrogens (primary N) is 1. The van der Waals surface area contributed by atoms with Gasteiger partial charge in [0.05, 0.1) is 4.99 Å². The molecule has 0 aromatic carbocycles. The van der Waals surface area contributed by atoms with Gasteiger partial charge in [-0.1, -0.05) is 18.3 Å². The van der Waals surface area contributed by atoms with Crippen molar-refractivity contribution >= 4 is 23.1 Å². The molecule has 0 saturated carbocycles. The third kappa shape index (κ3) is 4.86. The minimum atomic E-state index is -0.877. The van der Waals surface area contributed by atoms with Crippen LogP contribution in [0.3, 0.4) is 0 Å². The van der Waals surface area contributed by atoms with Crippen LogP contribution in [0, 0.1) is 0 Å². The van der Waals surface area contributed by atoms with Gasteiger partial charge in [0.25, 0.3) is 5.91 Å². The van der Waals surface area contributed by atoms with Crippen LogP contribution >= 0.6 is 12.2 Å². The van der Waals surface area contributed by atoms with Crippen LogP contribution in [0.1, 0.15) is 25.8 Å². The molecule has 0 atom stereocenters. The number of rotatable bonds is 7. The van der Waals surface area contributed by atoms with Crippen LogP contribution in [0.25, 0.3) is 0 Å². The average Bonchev–Trinajstić information content (AvgIpc) is 2.43. The first-order valence-electron chi connectivity index (χ1n) is 6.38. The predicted molar refractivity (Wildman–Crippen MR) is 82.1 cm³/mol. The number of nitrogens with zero attached hydrogens (tertiary/aromatic N) is 2. The lowest BCUT2D eigenvalue weighted by atomic mass is 10.1. The number of carbonyl (C=O) groups is 1. The number of aromatic nitrogens is 1. The van der Waals surface area contributed by atoms with Gasteiger partial charge in [-0.2, -0.15) is 0 Å². The first-order chi connectivity index (χ1) is 9.36. The molecular formula is C14H21N3O2S. The number of carbonyl (C=O) groups excluding carboxylic acids is 1. The summed E-state index contributed by atoms with van der Waals surface area (Å²) < 4.78 is 5.25. The fourth-order valence-electron chi connectivity index (χ4n) is 1.68. The minimum absolute atomic E-state index is 0.0971. The van der Waals surface area contributed by atoms with E-state index in [4.69, 9.17) is 22.7 Å². The Labute approximate surface area is 125 Å². The van der Waals surface area contributed by atoms with Crippen molar-refractivity contribution < 1.29 is 9.53 Å². The maximum absolute atomic E-state index is 12.5. The summed E-state index contributed by atoms with van der Waals surface area (Å²) in [4.78, 5) is 18.7. The number of ether oxygens (including phenoxy) is 1. The summed E-state index contributed by atoms with van der Waals surface area (Å²) in [7, 11) is 1.52. The summed E-state index contributed by atoms with van der Waals surface area (Å²) in [6.45, 7) is 4.41. The Kier molecular flexibility index (Phi) is 6.04. The Hall–Kier alpha value is -1.53. The van der Waals surface area contributed by atoms with Gasteiger partial charge in [0.2, 0.25) is 0 Å². The molecule has 20 heavy (non-hydrogen) atoms. The van der Waals surface area contributed by atoms with Gasteiger partial charge in [-0.05, 0) is 25.5 Å². The molecule has 0 unspecified atom stereocenters. The lowest BCUT2D eigenvalue weighted by Crippen LogP contribution is -2.46. The molecule has 0 radical (unpaired) electrons. The second-order valence-corrected chi connectivity index (χ2v) is 5.54. The number of amides is 1. The van der Waals surface area contributed by atoms with Gasteiger partial charge in [-0.3, -0.25) is 9.78 Å². The van der Waals surface area contributed by atoms with E-state index >= 15 is 0 Å². The lowest BCUT2D eigenvalue weighted by molar-refractivity contribution is -0.151. The molecule has 0 aliphatic rings. The Bertz CT molecular complexity index is 463. The first-order valence-corrected chi connectivity index (χ1v) is 6.79. The molecule has 6 heteroatoms. The summed E-state index contributed by atoms with van der Waals surface area (Å²) in [6.07, 6.45) is 3.92. The normalized spacial score (nSPS) is 11.2. The molecule has 1 amide bonds. The maximum atomic E-state index is 12.5. The van der Waals surface area contributed by atoms with E-state index in [9.17, 15) is 4.79 Å².